The van der Waals surface area contributed by atoms with E-state index in [9.17, 15) is 19.5 Å². The highest BCUT2D eigenvalue weighted by Gasteiger charge is 2.25. The van der Waals surface area contributed by atoms with E-state index in [1.54, 1.807) is 0 Å². The van der Waals surface area contributed by atoms with Crippen molar-refractivity contribution >= 4 is 17.9 Å². The van der Waals surface area contributed by atoms with E-state index < -0.39 is 24.3 Å². The molecule has 2 atom stereocenters. The topological polar surface area (TPSA) is 108 Å². The Labute approximate surface area is 432 Å². The van der Waals surface area contributed by atoms with Crippen LogP contribution in [-0.2, 0) is 33.3 Å². The molecule has 0 bridgehead atoms. The average Bonchev–Trinajstić information content (AvgIpc) is 3.33. The summed E-state index contributed by atoms with van der Waals surface area (Å²) in [7, 11) is 5.97. The van der Waals surface area contributed by atoms with Gasteiger partial charge in [-0.15, -0.1) is 0 Å². The van der Waals surface area contributed by atoms with Crippen LogP contribution in [0.3, 0.4) is 0 Å². The lowest BCUT2D eigenvalue weighted by Gasteiger charge is -2.25. The Morgan fingerprint density at radius 2 is 0.814 bits per heavy atom. The number of nitrogens with zero attached hydrogens (tertiary/aromatic N) is 1. The number of carboxylic acids is 1. The van der Waals surface area contributed by atoms with Gasteiger partial charge in [0.05, 0.1) is 34.4 Å². The summed E-state index contributed by atoms with van der Waals surface area (Å²) in [6.45, 7) is 4.80. The summed E-state index contributed by atoms with van der Waals surface area (Å²) in [6, 6.07) is 0. The number of unbranched alkanes of at least 4 members (excludes halogenated alkanes) is 31. The molecular weight excluding hydrogens is 875 g/mol. The molecule has 0 saturated heterocycles. The van der Waals surface area contributed by atoms with Crippen LogP contribution < -0.4 is 0 Å². The second kappa shape index (κ2) is 52.6. The molecule has 0 heterocycles. The predicted molar refractivity (Wildman–Crippen MR) is 295 cm³/mol. The highest BCUT2D eigenvalue weighted by atomic mass is 16.7. The van der Waals surface area contributed by atoms with Gasteiger partial charge in [0.2, 0.25) is 0 Å². The minimum atomic E-state index is -1.51. The summed E-state index contributed by atoms with van der Waals surface area (Å²) in [5.74, 6) is -1.99. The van der Waals surface area contributed by atoms with E-state index in [2.05, 4.69) is 62.5 Å². The summed E-state index contributed by atoms with van der Waals surface area (Å²) in [5.41, 5.74) is 0. The Morgan fingerprint density at radius 3 is 1.21 bits per heavy atom. The zero-order valence-electron chi connectivity index (χ0n) is 46.4. The van der Waals surface area contributed by atoms with Crippen LogP contribution in [0.25, 0.3) is 0 Å². The summed E-state index contributed by atoms with van der Waals surface area (Å²) in [5, 5.41) is 9.70. The number of esters is 2. The second-order valence-electron chi connectivity index (χ2n) is 20.9. The van der Waals surface area contributed by atoms with Crippen molar-refractivity contribution < 1.29 is 42.9 Å². The summed E-state index contributed by atoms with van der Waals surface area (Å²) < 4.78 is 22.9. The van der Waals surface area contributed by atoms with Crippen LogP contribution in [-0.4, -0.2) is 87.4 Å². The largest absolute Gasteiger partial charge is 0.477 e. The number of rotatable bonds is 54. The first-order valence-corrected chi connectivity index (χ1v) is 29.3. The Kier molecular flexibility index (Phi) is 50.5. The average molecular weight is 988 g/mol. The predicted octanol–water partition coefficient (Wildman–Crippen LogP) is 17.1. The molecule has 0 aliphatic heterocycles. The van der Waals surface area contributed by atoms with Crippen molar-refractivity contribution in [1.29, 1.82) is 0 Å². The van der Waals surface area contributed by atoms with Crippen molar-refractivity contribution in [3.05, 3.63) is 48.6 Å². The van der Waals surface area contributed by atoms with Gasteiger partial charge in [-0.25, -0.2) is 4.79 Å². The van der Waals surface area contributed by atoms with Crippen LogP contribution in [0, 0.1) is 0 Å². The molecule has 0 aromatic rings. The first kappa shape index (κ1) is 67.2. The number of allylic oxidation sites excluding steroid dienone is 8. The van der Waals surface area contributed by atoms with Gasteiger partial charge in [-0.3, -0.25) is 9.59 Å². The molecule has 0 aromatic carbocycles. The molecule has 0 aliphatic rings. The molecule has 408 valence electrons. The molecule has 70 heavy (non-hydrogen) atoms. The van der Waals surface area contributed by atoms with Gasteiger partial charge >= 0.3 is 17.9 Å². The van der Waals surface area contributed by atoms with Crippen LogP contribution in [0.2, 0.25) is 0 Å². The lowest BCUT2D eigenvalue weighted by Crippen LogP contribution is -2.40. The maximum Gasteiger partial charge on any atom is 0.361 e. The molecule has 0 aromatic heterocycles. The molecule has 0 fully saturated rings. The minimum absolute atomic E-state index is 0.178. The van der Waals surface area contributed by atoms with Gasteiger partial charge < -0.3 is 28.5 Å². The molecule has 0 aliphatic carbocycles. The number of quaternary nitrogens is 1. The first-order valence-electron chi connectivity index (χ1n) is 29.3. The second-order valence-corrected chi connectivity index (χ2v) is 20.9. The molecule has 0 radical (unpaired) electrons. The third-order valence-electron chi connectivity index (χ3n) is 12.8. The van der Waals surface area contributed by atoms with Gasteiger partial charge in [0.25, 0.3) is 6.29 Å². The fourth-order valence-electron chi connectivity index (χ4n) is 8.36. The van der Waals surface area contributed by atoms with Gasteiger partial charge in [0.15, 0.2) is 6.10 Å². The molecule has 9 heteroatoms. The first-order chi connectivity index (χ1) is 34.1. The maximum absolute atomic E-state index is 12.9. The maximum atomic E-state index is 12.9. The van der Waals surface area contributed by atoms with Crippen LogP contribution in [0.15, 0.2) is 48.6 Å². The molecule has 0 saturated carbocycles. The van der Waals surface area contributed by atoms with E-state index in [1.807, 2.05) is 21.1 Å². The quantitative estimate of drug-likeness (QED) is 0.0211. The van der Waals surface area contributed by atoms with Crippen molar-refractivity contribution in [3.63, 3.8) is 0 Å². The van der Waals surface area contributed by atoms with Crippen molar-refractivity contribution in [2.45, 2.75) is 277 Å². The van der Waals surface area contributed by atoms with E-state index in [0.29, 0.717) is 17.4 Å². The number of hydrogen-bond donors (Lipinski definition) is 1. The van der Waals surface area contributed by atoms with E-state index in [0.717, 1.165) is 64.2 Å². The Morgan fingerprint density at radius 1 is 0.443 bits per heavy atom. The molecule has 0 spiro atoms. The van der Waals surface area contributed by atoms with Crippen molar-refractivity contribution in [2.24, 2.45) is 0 Å². The van der Waals surface area contributed by atoms with Gasteiger partial charge in [0.1, 0.15) is 13.2 Å². The third-order valence-corrected chi connectivity index (χ3v) is 12.8. The van der Waals surface area contributed by atoms with Crippen molar-refractivity contribution in [2.75, 3.05) is 47.5 Å². The van der Waals surface area contributed by atoms with Gasteiger partial charge in [-0.1, -0.05) is 249 Å². The smallest absolute Gasteiger partial charge is 0.361 e. The van der Waals surface area contributed by atoms with E-state index in [1.165, 1.54) is 173 Å². The SMILES string of the molecule is CC/C=C\C/C=C\C/C=C\C/C=C\CCCCCCCCCCCCCCCCC(=O)OC(COC(=O)CCCCCCCCCCCCCCCCCCCC)COC(OCC[N+](C)(C)C)C(=O)O. The third kappa shape index (κ3) is 53.1. The lowest BCUT2D eigenvalue weighted by molar-refractivity contribution is -0.870. The fraction of sp³-hybridized carbons (Fsp3) is 0.820. The monoisotopic (exact) mass is 987 g/mol. The zero-order chi connectivity index (χ0) is 51.3. The number of carbonyl (C=O) groups is 3. The Hall–Kier alpha value is -2.75. The normalized spacial score (nSPS) is 13.1. The zero-order valence-corrected chi connectivity index (χ0v) is 46.4. The number of ether oxygens (including phenoxy) is 4. The highest BCUT2D eigenvalue weighted by Crippen LogP contribution is 2.17. The molecule has 9 nitrogen and oxygen atoms in total. The standard InChI is InChI=1S/C61H111NO8/c1-6-8-10-12-14-16-18-20-22-24-26-27-28-29-30-31-32-33-34-36-38-40-42-44-46-48-50-52-59(64)70-57(56-69-61(60(65)66)67-54-53-62(3,4)5)55-68-58(63)51-49-47-45-43-41-39-37-35-25-23-21-19-17-15-13-11-9-7-2/h8,10,14,16,20,22,26-27,57,61H,6-7,9,11-13,15,17-19,21,23-25,28-56H2,1-5H3/p+1/b10-8-,16-14-,22-20-,27-26-. The highest BCUT2D eigenvalue weighted by molar-refractivity contribution is 5.71. The van der Waals surface area contributed by atoms with Crippen molar-refractivity contribution in [3.8, 4) is 0 Å². The van der Waals surface area contributed by atoms with Gasteiger partial charge in [-0.05, 0) is 51.4 Å². The number of likely N-dealkylation sites (N-methyl/N-ethyl adjacent to an activating group) is 1. The van der Waals surface area contributed by atoms with Crippen molar-refractivity contribution in [1.82, 2.24) is 0 Å². The molecule has 0 rings (SSSR count). The van der Waals surface area contributed by atoms with E-state index in [4.69, 9.17) is 18.9 Å². The van der Waals surface area contributed by atoms with Crippen LogP contribution in [0.4, 0.5) is 0 Å². The van der Waals surface area contributed by atoms with E-state index in [-0.39, 0.29) is 32.2 Å². The van der Waals surface area contributed by atoms with Gasteiger partial charge in [-0.2, -0.15) is 0 Å². The molecule has 0 amide bonds. The van der Waals surface area contributed by atoms with Crippen LogP contribution >= 0.6 is 0 Å². The summed E-state index contributed by atoms with van der Waals surface area (Å²) in [6.07, 6.45) is 61.9. The van der Waals surface area contributed by atoms with E-state index >= 15 is 0 Å². The number of carbonyl (C=O) groups excluding carboxylic acids is 2. The number of carboxylic acid groups (broad SMARTS) is 1. The van der Waals surface area contributed by atoms with Crippen LogP contribution in [0.5, 0.6) is 0 Å². The summed E-state index contributed by atoms with van der Waals surface area (Å²) >= 11 is 0. The number of aliphatic carboxylic acids is 1. The Bertz CT molecular complexity index is 1290. The molecule has 2 unspecified atom stereocenters. The van der Waals surface area contributed by atoms with Crippen LogP contribution in [0.1, 0.15) is 264 Å². The lowest BCUT2D eigenvalue weighted by atomic mass is 10.0. The fourth-order valence-corrected chi connectivity index (χ4v) is 8.36. The summed E-state index contributed by atoms with van der Waals surface area (Å²) in [4.78, 5) is 37.4. The van der Waals surface area contributed by atoms with Gasteiger partial charge in [0, 0.05) is 12.8 Å². The minimum Gasteiger partial charge on any atom is -0.477 e. The number of hydrogen-bond acceptors (Lipinski definition) is 7. The Balaban J connectivity index is 4.19. The molecular formula is C61H112NO8+. The molecule has 1 N–H and O–H groups in total.